The summed E-state index contributed by atoms with van der Waals surface area (Å²) < 4.78 is 27.8. The molecule has 38 heavy (non-hydrogen) atoms. The van der Waals surface area contributed by atoms with Crippen molar-refractivity contribution in [2.75, 3.05) is 26.1 Å². The second-order valence-electron chi connectivity index (χ2n) is 8.53. The van der Waals surface area contributed by atoms with E-state index in [4.69, 9.17) is 29.1 Å². The summed E-state index contributed by atoms with van der Waals surface area (Å²) in [5.41, 5.74) is 6.19. The highest BCUT2D eigenvalue weighted by molar-refractivity contribution is 5.97. The van der Waals surface area contributed by atoms with Gasteiger partial charge in [0.25, 0.3) is 11.8 Å². The first kappa shape index (κ1) is 24.7. The maximum Gasteiger partial charge on any atom is 0.344 e. The van der Waals surface area contributed by atoms with Crippen LogP contribution in [0.3, 0.4) is 0 Å². The Morgan fingerprint density at radius 2 is 1.74 bits per heavy atom. The highest BCUT2D eigenvalue weighted by Crippen LogP contribution is 2.46. The molecule has 1 aliphatic rings. The van der Waals surface area contributed by atoms with Crippen LogP contribution in [-0.4, -0.2) is 38.7 Å². The molecule has 0 saturated heterocycles. The summed E-state index contributed by atoms with van der Waals surface area (Å²) in [5, 5.41) is 3.41. The van der Waals surface area contributed by atoms with Gasteiger partial charge >= 0.3 is 5.63 Å². The summed E-state index contributed by atoms with van der Waals surface area (Å²) >= 11 is 0. The Morgan fingerprint density at radius 1 is 0.974 bits per heavy atom. The highest BCUT2D eigenvalue weighted by Gasteiger charge is 2.44. The third-order valence-electron chi connectivity index (χ3n) is 6.19. The molecule has 0 bridgehead atoms. The van der Waals surface area contributed by atoms with Crippen LogP contribution in [0.5, 0.6) is 23.0 Å². The summed E-state index contributed by atoms with van der Waals surface area (Å²) in [7, 11) is 3.00. The van der Waals surface area contributed by atoms with E-state index in [1.165, 1.54) is 7.11 Å². The van der Waals surface area contributed by atoms with Gasteiger partial charge in [-0.1, -0.05) is 18.2 Å². The number of primary amides is 1. The Balaban J connectivity index is 1.60. The molecular formula is C28H24N2O8. The van der Waals surface area contributed by atoms with E-state index in [2.05, 4.69) is 5.32 Å². The molecule has 2 amide bonds. The first-order chi connectivity index (χ1) is 18.4. The zero-order valence-electron chi connectivity index (χ0n) is 20.6. The number of ether oxygens (including phenoxy) is 4. The second-order valence-corrected chi connectivity index (χ2v) is 8.53. The maximum atomic E-state index is 13.6. The van der Waals surface area contributed by atoms with E-state index in [0.717, 1.165) is 0 Å². The zero-order valence-corrected chi connectivity index (χ0v) is 20.6. The molecule has 10 nitrogen and oxygen atoms in total. The summed E-state index contributed by atoms with van der Waals surface area (Å²) in [6.45, 7) is -0.383. The smallest absolute Gasteiger partial charge is 0.344 e. The van der Waals surface area contributed by atoms with Gasteiger partial charge in [-0.15, -0.1) is 0 Å². The first-order valence-electron chi connectivity index (χ1n) is 11.7. The van der Waals surface area contributed by atoms with E-state index in [9.17, 15) is 14.4 Å². The number of anilines is 1. The third kappa shape index (κ3) is 4.59. The number of methoxy groups -OCH3 is 2. The number of amides is 2. The third-order valence-corrected chi connectivity index (χ3v) is 6.19. The van der Waals surface area contributed by atoms with Crippen LogP contribution in [0.1, 0.15) is 17.0 Å². The van der Waals surface area contributed by atoms with Crippen molar-refractivity contribution in [2.45, 2.75) is 12.0 Å². The molecule has 0 fully saturated rings. The van der Waals surface area contributed by atoms with Gasteiger partial charge in [-0.3, -0.25) is 9.59 Å². The minimum atomic E-state index is -1.13. The van der Waals surface area contributed by atoms with E-state index in [0.29, 0.717) is 33.7 Å². The van der Waals surface area contributed by atoms with Crippen molar-refractivity contribution >= 4 is 28.5 Å². The molecule has 2 unspecified atom stereocenters. The van der Waals surface area contributed by atoms with Crippen LogP contribution >= 0.6 is 0 Å². The molecule has 1 aromatic heterocycles. The van der Waals surface area contributed by atoms with Crippen LogP contribution in [0.25, 0.3) is 11.0 Å². The van der Waals surface area contributed by atoms with Crippen molar-refractivity contribution in [3.63, 3.8) is 0 Å². The lowest BCUT2D eigenvalue weighted by Crippen LogP contribution is -2.35. The van der Waals surface area contributed by atoms with Crippen LogP contribution in [0.15, 0.2) is 75.9 Å². The van der Waals surface area contributed by atoms with E-state index in [1.54, 1.807) is 73.8 Å². The number of hydrogen-bond acceptors (Lipinski definition) is 8. The molecule has 5 rings (SSSR count). The number of benzene rings is 3. The molecule has 0 aliphatic carbocycles. The van der Waals surface area contributed by atoms with Crippen molar-refractivity contribution in [2.24, 2.45) is 5.73 Å². The zero-order chi connectivity index (χ0) is 26.8. The number of carbonyl (C=O) groups is 2. The van der Waals surface area contributed by atoms with Crippen LogP contribution < -0.4 is 35.6 Å². The molecule has 0 radical (unpaired) electrons. The van der Waals surface area contributed by atoms with Crippen molar-refractivity contribution in [3.8, 4) is 23.0 Å². The SMILES string of the molecule is COc1ccc(NC(=O)C2Oc3c(c(=O)oc4ccccc34)C2c2ccc(OC)c(OCC(N)=O)c2)cc1. The van der Waals surface area contributed by atoms with Crippen LogP contribution in [0.4, 0.5) is 5.69 Å². The second kappa shape index (κ2) is 10.2. The first-order valence-corrected chi connectivity index (χ1v) is 11.7. The van der Waals surface area contributed by atoms with Crippen LogP contribution in [-0.2, 0) is 9.59 Å². The molecule has 2 atom stereocenters. The minimum Gasteiger partial charge on any atom is -0.497 e. The Bertz CT molecular complexity index is 1580. The average molecular weight is 517 g/mol. The van der Waals surface area contributed by atoms with Crippen molar-refractivity contribution < 1.29 is 33.0 Å². The molecule has 0 spiro atoms. The number of nitrogens with two attached hydrogens (primary N) is 1. The number of rotatable bonds is 8. The van der Waals surface area contributed by atoms with Crippen LogP contribution in [0, 0.1) is 0 Å². The lowest BCUT2D eigenvalue weighted by atomic mass is 9.88. The fourth-order valence-corrected chi connectivity index (χ4v) is 4.46. The van der Waals surface area contributed by atoms with Gasteiger partial charge in [0.2, 0.25) is 0 Å². The average Bonchev–Trinajstić information content (AvgIpc) is 3.34. The monoisotopic (exact) mass is 516 g/mol. The predicted molar refractivity (Wildman–Crippen MR) is 138 cm³/mol. The van der Waals surface area contributed by atoms with Gasteiger partial charge in [0.05, 0.1) is 31.1 Å². The molecule has 0 saturated carbocycles. The summed E-state index contributed by atoms with van der Waals surface area (Å²) in [4.78, 5) is 38.1. The van der Waals surface area contributed by atoms with Gasteiger partial charge in [0.1, 0.15) is 17.1 Å². The van der Waals surface area contributed by atoms with E-state index in [-0.39, 0.29) is 23.7 Å². The number of carbonyl (C=O) groups excluding carboxylic acids is 2. The molecular weight excluding hydrogens is 492 g/mol. The van der Waals surface area contributed by atoms with E-state index in [1.807, 2.05) is 0 Å². The van der Waals surface area contributed by atoms with Crippen molar-refractivity contribution in [3.05, 3.63) is 88.3 Å². The van der Waals surface area contributed by atoms with E-state index < -0.39 is 29.5 Å². The number of fused-ring (bicyclic) bond motifs is 3. The maximum absolute atomic E-state index is 13.6. The standard InChI is InChI=1S/C28H24N2O8/c1-34-17-10-8-16(9-11-17)30-27(32)26-23(15-7-12-20(35-2)21(13-15)36-14-22(29)31)24-25(38-26)18-5-3-4-6-19(18)37-28(24)33/h3-13,23,26H,14H2,1-2H3,(H2,29,31)(H,30,32). The van der Waals surface area contributed by atoms with Gasteiger partial charge in [-0.2, -0.15) is 0 Å². The highest BCUT2D eigenvalue weighted by atomic mass is 16.5. The Labute approximate surface area is 216 Å². The summed E-state index contributed by atoms with van der Waals surface area (Å²) in [5.74, 6) is -0.531. The number of nitrogens with one attached hydrogen (secondary N) is 1. The van der Waals surface area contributed by atoms with Crippen molar-refractivity contribution in [1.29, 1.82) is 0 Å². The molecule has 3 N–H and O–H groups in total. The summed E-state index contributed by atoms with van der Waals surface area (Å²) in [6.07, 6.45) is -1.13. The fraction of sp³-hybridized carbons (Fsp3) is 0.179. The Hall–Kier alpha value is -4.99. The van der Waals surface area contributed by atoms with Crippen LogP contribution in [0.2, 0.25) is 0 Å². The van der Waals surface area contributed by atoms with Gasteiger partial charge in [0.15, 0.2) is 24.2 Å². The predicted octanol–water partition coefficient (Wildman–Crippen LogP) is 3.21. The topological polar surface area (TPSA) is 139 Å². The van der Waals surface area contributed by atoms with Crippen molar-refractivity contribution in [1.82, 2.24) is 0 Å². The molecule has 10 heteroatoms. The number of hydrogen-bond donors (Lipinski definition) is 2. The van der Waals surface area contributed by atoms with E-state index >= 15 is 0 Å². The van der Waals surface area contributed by atoms with Gasteiger partial charge in [0, 0.05) is 5.69 Å². The quantitative estimate of drug-likeness (QED) is 0.341. The molecule has 2 heterocycles. The Morgan fingerprint density at radius 3 is 2.45 bits per heavy atom. The lowest BCUT2D eigenvalue weighted by molar-refractivity contribution is -0.122. The normalized spacial score (nSPS) is 15.8. The largest absolute Gasteiger partial charge is 0.497 e. The fourth-order valence-electron chi connectivity index (χ4n) is 4.46. The van der Waals surface area contributed by atoms with Gasteiger partial charge in [-0.25, -0.2) is 4.79 Å². The van der Waals surface area contributed by atoms with Gasteiger partial charge in [-0.05, 0) is 54.1 Å². The minimum absolute atomic E-state index is 0.199. The van der Waals surface area contributed by atoms with Gasteiger partial charge < -0.3 is 34.4 Å². The molecule has 1 aliphatic heterocycles. The molecule has 4 aromatic rings. The number of para-hydroxylation sites is 1. The molecule has 3 aromatic carbocycles. The molecule has 194 valence electrons. The summed E-state index contributed by atoms with van der Waals surface area (Å²) in [6, 6.07) is 18.7. The Kier molecular flexibility index (Phi) is 6.61. The lowest BCUT2D eigenvalue weighted by Gasteiger charge is -2.20.